The van der Waals surface area contributed by atoms with Crippen molar-refractivity contribution in [2.75, 3.05) is 38.0 Å². The number of rotatable bonds is 4. The molecule has 0 aliphatic rings. The van der Waals surface area contributed by atoms with E-state index in [2.05, 4.69) is 76.5 Å². The van der Waals surface area contributed by atoms with Gasteiger partial charge in [-0.1, -0.05) is 24.3 Å². The molecular weight excluding hydrogens is 294 g/mol. The van der Waals surface area contributed by atoms with Gasteiger partial charge in [-0.3, -0.25) is 0 Å². The molecule has 3 aromatic rings. The van der Waals surface area contributed by atoms with Crippen LogP contribution in [-0.4, -0.2) is 33.2 Å². The topological polar surface area (TPSA) is 19.4 Å². The first-order valence-electron chi connectivity index (χ1n) is 8.06. The molecule has 0 N–H and O–H groups in total. The molecule has 122 valence electrons. The maximum atomic E-state index is 4.72. The molecule has 3 heteroatoms. The summed E-state index contributed by atoms with van der Waals surface area (Å²) in [5.74, 6) is 0. The van der Waals surface area contributed by atoms with Crippen molar-refractivity contribution in [1.29, 1.82) is 0 Å². The Balaban J connectivity index is 1.83. The van der Waals surface area contributed by atoms with E-state index in [1.54, 1.807) is 0 Å². The average Bonchev–Trinajstić information content (AvgIpc) is 2.59. The Hall–Kier alpha value is -2.81. The highest BCUT2D eigenvalue weighted by Gasteiger charge is 2.00. The Morgan fingerprint density at radius 3 is 2.04 bits per heavy atom. The SMILES string of the molecule is CN(C)c1ccc(/C=C\c2ccc3cc(N(C)C)ccc3n2)cc1. The van der Waals surface area contributed by atoms with E-state index in [0.717, 1.165) is 16.6 Å². The Morgan fingerprint density at radius 2 is 1.38 bits per heavy atom. The molecule has 24 heavy (non-hydrogen) atoms. The number of hydrogen-bond acceptors (Lipinski definition) is 3. The lowest BCUT2D eigenvalue weighted by molar-refractivity contribution is 1.13. The Kier molecular flexibility index (Phi) is 4.52. The lowest BCUT2D eigenvalue weighted by Crippen LogP contribution is -2.08. The quantitative estimate of drug-likeness (QED) is 0.704. The minimum atomic E-state index is 0.969. The number of pyridine rings is 1. The van der Waals surface area contributed by atoms with Crippen molar-refractivity contribution < 1.29 is 0 Å². The standard InChI is InChI=1S/C21H23N3/c1-23(2)19-11-6-16(7-12-19)5-9-18-10-8-17-15-20(24(3)4)13-14-21(17)22-18/h5-15H,1-4H3/b9-5-. The third-order valence-electron chi connectivity index (χ3n) is 4.07. The lowest BCUT2D eigenvalue weighted by Gasteiger charge is -2.12. The zero-order valence-corrected chi connectivity index (χ0v) is 14.7. The molecule has 0 radical (unpaired) electrons. The number of nitrogens with zero attached hydrogens (tertiary/aromatic N) is 3. The van der Waals surface area contributed by atoms with Crippen LogP contribution in [0.3, 0.4) is 0 Å². The molecular formula is C21H23N3. The van der Waals surface area contributed by atoms with Crippen LogP contribution in [0.25, 0.3) is 23.1 Å². The predicted molar refractivity (Wildman–Crippen MR) is 106 cm³/mol. The fourth-order valence-corrected chi connectivity index (χ4v) is 2.56. The second kappa shape index (κ2) is 6.75. The molecule has 2 aromatic carbocycles. The van der Waals surface area contributed by atoms with Crippen LogP contribution >= 0.6 is 0 Å². The number of anilines is 2. The smallest absolute Gasteiger partial charge is 0.0710 e. The van der Waals surface area contributed by atoms with Crippen LogP contribution in [-0.2, 0) is 0 Å². The van der Waals surface area contributed by atoms with Crippen molar-refractivity contribution in [3.63, 3.8) is 0 Å². The maximum absolute atomic E-state index is 4.72. The minimum absolute atomic E-state index is 0.969. The summed E-state index contributed by atoms with van der Waals surface area (Å²) < 4.78 is 0. The molecule has 1 heterocycles. The molecule has 3 rings (SSSR count). The van der Waals surface area contributed by atoms with Gasteiger partial charge in [-0.25, -0.2) is 4.98 Å². The molecule has 0 fully saturated rings. The fraction of sp³-hybridized carbons (Fsp3) is 0.190. The summed E-state index contributed by atoms with van der Waals surface area (Å²) in [4.78, 5) is 8.92. The van der Waals surface area contributed by atoms with E-state index in [1.807, 2.05) is 28.2 Å². The molecule has 0 bridgehead atoms. The first-order valence-corrected chi connectivity index (χ1v) is 8.06. The lowest BCUT2D eigenvalue weighted by atomic mass is 10.1. The van der Waals surface area contributed by atoms with Gasteiger partial charge in [-0.2, -0.15) is 0 Å². The van der Waals surface area contributed by atoms with Gasteiger partial charge in [0.2, 0.25) is 0 Å². The van der Waals surface area contributed by atoms with E-state index < -0.39 is 0 Å². The zero-order chi connectivity index (χ0) is 17.1. The maximum Gasteiger partial charge on any atom is 0.0710 e. The van der Waals surface area contributed by atoms with Crippen LogP contribution in [0.15, 0.2) is 54.6 Å². The van der Waals surface area contributed by atoms with Crippen LogP contribution in [0.1, 0.15) is 11.3 Å². The van der Waals surface area contributed by atoms with E-state index in [9.17, 15) is 0 Å². The monoisotopic (exact) mass is 317 g/mol. The van der Waals surface area contributed by atoms with Crippen LogP contribution in [0.4, 0.5) is 11.4 Å². The largest absolute Gasteiger partial charge is 0.378 e. The van der Waals surface area contributed by atoms with Gasteiger partial charge < -0.3 is 9.80 Å². The molecule has 1 aromatic heterocycles. The molecule has 0 unspecified atom stereocenters. The van der Waals surface area contributed by atoms with Crippen LogP contribution in [0, 0.1) is 0 Å². The van der Waals surface area contributed by atoms with Crippen LogP contribution in [0.2, 0.25) is 0 Å². The molecule has 0 aliphatic carbocycles. The van der Waals surface area contributed by atoms with Crippen molar-refractivity contribution in [2.24, 2.45) is 0 Å². The summed E-state index contributed by atoms with van der Waals surface area (Å²) in [5, 5.41) is 1.16. The minimum Gasteiger partial charge on any atom is -0.378 e. The number of benzene rings is 2. The van der Waals surface area contributed by atoms with E-state index in [4.69, 9.17) is 4.98 Å². The van der Waals surface area contributed by atoms with Crippen molar-refractivity contribution in [1.82, 2.24) is 4.98 Å². The van der Waals surface area contributed by atoms with Crippen molar-refractivity contribution in [2.45, 2.75) is 0 Å². The van der Waals surface area contributed by atoms with E-state index in [-0.39, 0.29) is 0 Å². The summed E-state index contributed by atoms with van der Waals surface area (Å²) in [6.07, 6.45) is 4.16. The predicted octanol–water partition coefficient (Wildman–Crippen LogP) is 4.54. The highest BCUT2D eigenvalue weighted by molar-refractivity contribution is 5.84. The number of fused-ring (bicyclic) bond motifs is 1. The third kappa shape index (κ3) is 3.57. The average molecular weight is 317 g/mol. The van der Waals surface area contributed by atoms with E-state index >= 15 is 0 Å². The number of aromatic nitrogens is 1. The van der Waals surface area contributed by atoms with Gasteiger partial charge in [0.15, 0.2) is 0 Å². The van der Waals surface area contributed by atoms with Crippen LogP contribution in [0.5, 0.6) is 0 Å². The number of hydrogen-bond donors (Lipinski definition) is 0. The summed E-state index contributed by atoms with van der Waals surface area (Å²) in [5.41, 5.74) is 5.55. The normalized spacial score (nSPS) is 11.2. The summed E-state index contributed by atoms with van der Waals surface area (Å²) in [7, 11) is 8.19. The van der Waals surface area contributed by atoms with Crippen molar-refractivity contribution in [3.8, 4) is 0 Å². The van der Waals surface area contributed by atoms with E-state index in [0.29, 0.717) is 0 Å². The molecule has 0 atom stereocenters. The summed E-state index contributed by atoms with van der Waals surface area (Å²) in [6.45, 7) is 0. The molecule has 0 aliphatic heterocycles. The van der Waals surface area contributed by atoms with Crippen molar-refractivity contribution in [3.05, 3.63) is 65.9 Å². The van der Waals surface area contributed by atoms with Crippen LogP contribution < -0.4 is 9.80 Å². The van der Waals surface area contributed by atoms with Crippen molar-refractivity contribution >= 4 is 34.4 Å². The first-order chi connectivity index (χ1) is 11.5. The van der Waals surface area contributed by atoms with Gasteiger partial charge in [0.1, 0.15) is 0 Å². The second-order valence-electron chi connectivity index (χ2n) is 6.33. The Bertz CT molecular complexity index is 862. The van der Waals surface area contributed by atoms with Gasteiger partial charge >= 0.3 is 0 Å². The molecule has 0 spiro atoms. The zero-order valence-electron chi connectivity index (χ0n) is 14.7. The van der Waals surface area contributed by atoms with Gasteiger partial charge in [0, 0.05) is 45.0 Å². The molecule has 0 amide bonds. The van der Waals surface area contributed by atoms with Gasteiger partial charge in [0.05, 0.1) is 11.2 Å². The van der Waals surface area contributed by atoms with Gasteiger partial charge in [-0.15, -0.1) is 0 Å². The van der Waals surface area contributed by atoms with Gasteiger partial charge in [0.25, 0.3) is 0 Å². The highest BCUT2D eigenvalue weighted by Crippen LogP contribution is 2.21. The second-order valence-corrected chi connectivity index (χ2v) is 6.33. The van der Waals surface area contributed by atoms with Gasteiger partial charge in [-0.05, 0) is 48.0 Å². The summed E-state index contributed by atoms with van der Waals surface area (Å²) >= 11 is 0. The molecule has 0 saturated heterocycles. The highest BCUT2D eigenvalue weighted by atomic mass is 15.1. The fourth-order valence-electron chi connectivity index (χ4n) is 2.56. The first kappa shape index (κ1) is 16.1. The Morgan fingerprint density at radius 1 is 0.708 bits per heavy atom. The summed E-state index contributed by atoms with van der Waals surface area (Å²) in [6, 6.07) is 19.0. The molecule has 0 saturated carbocycles. The third-order valence-corrected chi connectivity index (χ3v) is 4.07. The van der Waals surface area contributed by atoms with E-state index in [1.165, 1.54) is 16.9 Å². The Labute approximate surface area is 143 Å². The molecule has 3 nitrogen and oxygen atoms in total.